The van der Waals surface area contributed by atoms with Crippen molar-refractivity contribution in [1.82, 2.24) is 10.3 Å². The number of rotatable bonds is 5. The van der Waals surface area contributed by atoms with E-state index in [1.165, 1.54) is 10.9 Å². The maximum absolute atomic E-state index is 12.1. The summed E-state index contributed by atoms with van der Waals surface area (Å²) < 4.78 is 5.14. The molecule has 0 spiro atoms. The monoisotopic (exact) mass is 308 g/mol. The molecule has 0 atom stereocenters. The van der Waals surface area contributed by atoms with Crippen LogP contribution in [0.15, 0.2) is 48.5 Å². The van der Waals surface area contributed by atoms with Gasteiger partial charge in [0.2, 0.25) is 0 Å². The molecule has 1 aromatic heterocycles. The van der Waals surface area contributed by atoms with Crippen molar-refractivity contribution in [3.8, 4) is 5.75 Å². The molecule has 1 amide bonds. The van der Waals surface area contributed by atoms with Crippen LogP contribution in [-0.4, -0.2) is 24.5 Å². The maximum atomic E-state index is 12.1. The van der Waals surface area contributed by atoms with Crippen molar-refractivity contribution in [2.45, 2.75) is 13.3 Å². The van der Waals surface area contributed by atoms with Crippen LogP contribution in [-0.2, 0) is 6.42 Å². The lowest BCUT2D eigenvalue weighted by molar-refractivity contribution is 0.0954. The number of ether oxygens (including phenoxy) is 1. The van der Waals surface area contributed by atoms with Crippen molar-refractivity contribution < 1.29 is 9.53 Å². The molecule has 4 nitrogen and oxygen atoms in total. The second kappa shape index (κ2) is 6.57. The van der Waals surface area contributed by atoms with Crippen LogP contribution in [0.5, 0.6) is 5.75 Å². The SMILES string of the molecule is COc1cccc(C(=O)NCCc2ccc3[nH]c(C)cc3c2)c1. The van der Waals surface area contributed by atoms with E-state index in [1.54, 1.807) is 19.2 Å². The molecule has 0 aliphatic heterocycles. The van der Waals surface area contributed by atoms with Gasteiger partial charge in [0, 0.05) is 23.3 Å². The number of aryl methyl sites for hydroxylation is 1. The lowest BCUT2D eigenvalue weighted by Crippen LogP contribution is -2.25. The Bertz CT molecular complexity index is 836. The molecule has 0 fully saturated rings. The van der Waals surface area contributed by atoms with Gasteiger partial charge in [-0.1, -0.05) is 12.1 Å². The molecule has 23 heavy (non-hydrogen) atoms. The van der Waals surface area contributed by atoms with Crippen LogP contribution in [0.3, 0.4) is 0 Å². The van der Waals surface area contributed by atoms with Crippen LogP contribution >= 0.6 is 0 Å². The van der Waals surface area contributed by atoms with Crippen LogP contribution in [0.4, 0.5) is 0 Å². The number of amides is 1. The average Bonchev–Trinajstić information content (AvgIpc) is 2.94. The van der Waals surface area contributed by atoms with E-state index in [1.807, 2.05) is 19.1 Å². The number of carbonyl (C=O) groups is 1. The molecule has 3 aromatic rings. The Kier molecular flexibility index (Phi) is 4.33. The number of hydrogen-bond acceptors (Lipinski definition) is 2. The first-order valence-corrected chi connectivity index (χ1v) is 7.66. The van der Waals surface area contributed by atoms with E-state index >= 15 is 0 Å². The number of aromatic amines is 1. The summed E-state index contributed by atoms with van der Waals surface area (Å²) in [6.07, 6.45) is 0.801. The first kappa shape index (κ1) is 15.2. The second-order valence-electron chi connectivity index (χ2n) is 5.61. The number of carbonyl (C=O) groups excluding carboxylic acids is 1. The average molecular weight is 308 g/mol. The molecular formula is C19H20N2O2. The summed E-state index contributed by atoms with van der Waals surface area (Å²) in [4.78, 5) is 15.5. The van der Waals surface area contributed by atoms with Crippen LogP contribution in [0.2, 0.25) is 0 Å². The predicted molar refractivity (Wildman–Crippen MR) is 92.1 cm³/mol. The quantitative estimate of drug-likeness (QED) is 0.758. The standard InChI is InChI=1S/C19H20N2O2/c1-13-10-16-11-14(6-7-18(16)21-13)8-9-20-19(22)15-4-3-5-17(12-15)23-2/h3-7,10-12,21H,8-9H2,1-2H3,(H,20,22). The normalized spacial score (nSPS) is 10.7. The largest absolute Gasteiger partial charge is 0.497 e. The van der Waals surface area contributed by atoms with Gasteiger partial charge >= 0.3 is 0 Å². The van der Waals surface area contributed by atoms with Gasteiger partial charge in [0.25, 0.3) is 5.91 Å². The van der Waals surface area contributed by atoms with E-state index < -0.39 is 0 Å². The Morgan fingerprint density at radius 2 is 2.04 bits per heavy atom. The zero-order chi connectivity index (χ0) is 16.2. The first-order chi connectivity index (χ1) is 11.2. The summed E-state index contributed by atoms with van der Waals surface area (Å²) in [6, 6.07) is 15.6. The number of methoxy groups -OCH3 is 1. The number of aromatic nitrogens is 1. The predicted octanol–water partition coefficient (Wildman–Crippen LogP) is 3.46. The van der Waals surface area contributed by atoms with Gasteiger partial charge < -0.3 is 15.0 Å². The minimum atomic E-state index is -0.0810. The molecule has 1 heterocycles. The fraction of sp³-hybridized carbons (Fsp3) is 0.211. The number of fused-ring (bicyclic) bond motifs is 1. The molecule has 2 aromatic carbocycles. The lowest BCUT2D eigenvalue weighted by Gasteiger charge is -2.07. The molecule has 2 N–H and O–H groups in total. The smallest absolute Gasteiger partial charge is 0.251 e. The van der Waals surface area contributed by atoms with E-state index in [2.05, 4.69) is 34.6 Å². The molecule has 0 aliphatic carbocycles. The Hall–Kier alpha value is -2.75. The summed E-state index contributed by atoms with van der Waals surface area (Å²) in [5.74, 6) is 0.605. The number of hydrogen-bond donors (Lipinski definition) is 2. The third-order valence-corrected chi connectivity index (χ3v) is 3.85. The minimum Gasteiger partial charge on any atom is -0.497 e. The van der Waals surface area contributed by atoms with Gasteiger partial charge in [-0.25, -0.2) is 0 Å². The molecule has 4 heteroatoms. The third kappa shape index (κ3) is 3.54. The van der Waals surface area contributed by atoms with Gasteiger partial charge in [0.15, 0.2) is 0 Å². The van der Waals surface area contributed by atoms with E-state index in [4.69, 9.17) is 4.74 Å². The van der Waals surface area contributed by atoms with Gasteiger partial charge in [-0.3, -0.25) is 4.79 Å². The van der Waals surface area contributed by atoms with Crippen molar-refractivity contribution in [2.75, 3.05) is 13.7 Å². The summed E-state index contributed by atoms with van der Waals surface area (Å²) >= 11 is 0. The molecule has 0 radical (unpaired) electrons. The summed E-state index contributed by atoms with van der Waals surface area (Å²) in [6.45, 7) is 2.65. The van der Waals surface area contributed by atoms with E-state index in [0.717, 1.165) is 17.6 Å². The van der Waals surface area contributed by atoms with Gasteiger partial charge in [0.05, 0.1) is 7.11 Å². The Morgan fingerprint density at radius 1 is 1.17 bits per heavy atom. The Morgan fingerprint density at radius 3 is 2.87 bits per heavy atom. The van der Waals surface area contributed by atoms with Crippen LogP contribution < -0.4 is 10.1 Å². The van der Waals surface area contributed by atoms with E-state index in [9.17, 15) is 4.79 Å². The molecular weight excluding hydrogens is 288 g/mol. The molecule has 118 valence electrons. The van der Waals surface area contributed by atoms with E-state index in [0.29, 0.717) is 17.9 Å². The second-order valence-corrected chi connectivity index (χ2v) is 5.61. The summed E-state index contributed by atoms with van der Waals surface area (Å²) in [5.41, 5.74) is 4.12. The maximum Gasteiger partial charge on any atom is 0.251 e. The van der Waals surface area contributed by atoms with Crippen molar-refractivity contribution in [2.24, 2.45) is 0 Å². The lowest BCUT2D eigenvalue weighted by atomic mass is 10.1. The van der Waals surface area contributed by atoms with Gasteiger partial charge in [-0.15, -0.1) is 0 Å². The van der Waals surface area contributed by atoms with Gasteiger partial charge in [0.1, 0.15) is 5.75 Å². The van der Waals surface area contributed by atoms with Crippen molar-refractivity contribution >= 4 is 16.8 Å². The molecule has 0 saturated heterocycles. The number of nitrogens with one attached hydrogen (secondary N) is 2. The summed E-state index contributed by atoms with van der Waals surface area (Å²) in [7, 11) is 1.59. The van der Waals surface area contributed by atoms with Gasteiger partial charge in [-0.2, -0.15) is 0 Å². The van der Waals surface area contributed by atoms with Crippen molar-refractivity contribution in [3.05, 3.63) is 65.4 Å². The molecule has 0 bridgehead atoms. The third-order valence-electron chi connectivity index (χ3n) is 3.85. The van der Waals surface area contributed by atoms with Crippen molar-refractivity contribution in [1.29, 1.82) is 0 Å². The molecule has 0 unspecified atom stereocenters. The highest BCUT2D eigenvalue weighted by atomic mass is 16.5. The zero-order valence-corrected chi connectivity index (χ0v) is 13.3. The molecule has 3 rings (SSSR count). The zero-order valence-electron chi connectivity index (χ0n) is 13.3. The molecule has 0 saturated carbocycles. The van der Waals surface area contributed by atoms with Crippen LogP contribution in [0, 0.1) is 6.92 Å². The van der Waals surface area contributed by atoms with Crippen LogP contribution in [0.25, 0.3) is 10.9 Å². The van der Waals surface area contributed by atoms with Gasteiger partial charge in [-0.05, 0) is 60.7 Å². The fourth-order valence-electron chi connectivity index (χ4n) is 2.67. The van der Waals surface area contributed by atoms with Crippen molar-refractivity contribution in [3.63, 3.8) is 0 Å². The Balaban J connectivity index is 1.60. The van der Waals surface area contributed by atoms with Crippen LogP contribution in [0.1, 0.15) is 21.6 Å². The first-order valence-electron chi connectivity index (χ1n) is 7.66. The highest BCUT2D eigenvalue weighted by molar-refractivity contribution is 5.94. The summed E-state index contributed by atoms with van der Waals surface area (Å²) in [5, 5.41) is 4.16. The van der Waals surface area contributed by atoms with E-state index in [-0.39, 0.29) is 5.91 Å². The highest BCUT2D eigenvalue weighted by Crippen LogP contribution is 2.17. The number of benzene rings is 2. The Labute approximate surface area is 135 Å². The fourth-order valence-corrected chi connectivity index (χ4v) is 2.67. The molecule has 0 aliphatic rings. The highest BCUT2D eigenvalue weighted by Gasteiger charge is 2.06. The number of H-pyrrole nitrogens is 1. The minimum absolute atomic E-state index is 0.0810. The topological polar surface area (TPSA) is 54.1 Å².